The molecule has 3 N–H and O–H groups in total. The number of ketones is 1. The van der Waals surface area contributed by atoms with Gasteiger partial charge in [0.15, 0.2) is 0 Å². The Hall–Kier alpha value is -2.56. The zero-order chi connectivity index (χ0) is 29.9. The molecule has 12 atom stereocenters. The molecule has 2 aliphatic heterocycles. The van der Waals surface area contributed by atoms with Gasteiger partial charge in [-0.15, -0.1) is 0 Å². The first-order chi connectivity index (χ1) is 19.9. The van der Waals surface area contributed by atoms with E-state index in [1.54, 1.807) is 0 Å². The molecule has 42 heavy (non-hydrogen) atoms. The van der Waals surface area contributed by atoms with Crippen LogP contribution in [0.15, 0.2) is 33.0 Å². The lowest BCUT2D eigenvalue weighted by Gasteiger charge is -2.59. The van der Waals surface area contributed by atoms with Crippen LogP contribution in [0.4, 0.5) is 0 Å². The molecule has 4 aliphatic carbocycles. The van der Waals surface area contributed by atoms with Gasteiger partial charge in [0.05, 0.1) is 29.7 Å². The molecule has 1 aromatic heterocycles. The van der Waals surface area contributed by atoms with Gasteiger partial charge >= 0.3 is 11.7 Å². The highest BCUT2D eigenvalue weighted by molar-refractivity contribution is 5.90. The first-order valence-corrected chi connectivity index (χ1v) is 15.6. The second kappa shape index (κ2) is 9.22. The van der Waals surface area contributed by atoms with Crippen molar-refractivity contribution in [2.24, 2.45) is 40.4 Å². The summed E-state index contributed by atoms with van der Waals surface area (Å²) >= 11 is 0. The van der Waals surface area contributed by atoms with Crippen molar-refractivity contribution in [2.45, 2.75) is 103 Å². The van der Waals surface area contributed by atoms with Crippen molar-refractivity contribution in [3.8, 4) is 0 Å². The molecule has 6 aliphatic rings. The molecule has 4 saturated carbocycles. The van der Waals surface area contributed by atoms with E-state index in [4.69, 9.17) is 9.47 Å². The molecular formula is C32H42N2O8. The van der Waals surface area contributed by atoms with E-state index in [9.17, 15) is 29.4 Å². The molecule has 5 fully saturated rings. The molecule has 10 nitrogen and oxygen atoms in total. The summed E-state index contributed by atoms with van der Waals surface area (Å²) in [6.45, 7) is 8.21. The molecule has 0 bridgehead atoms. The molecule has 228 valence electrons. The van der Waals surface area contributed by atoms with Gasteiger partial charge in [-0.05, 0) is 81.0 Å². The van der Waals surface area contributed by atoms with Crippen LogP contribution < -0.4 is 11.2 Å². The number of cyclic esters (lactones) is 1. The zero-order valence-electron chi connectivity index (χ0n) is 24.8. The van der Waals surface area contributed by atoms with Crippen molar-refractivity contribution in [1.82, 2.24) is 9.55 Å². The summed E-state index contributed by atoms with van der Waals surface area (Å²) in [6.07, 6.45) is 5.19. The number of aliphatic hydroxyl groups excluding tert-OH is 2. The molecule has 0 aromatic carbocycles. The highest BCUT2D eigenvalue weighted by atomic mass is 16.6. The summed E-state index contributed by atoms with van der Waals surface area (Å²) in [5.74, 6) is 0.914. The van der Waals surface area contributed by atoms with E-state index in [1.165, 1.54) is 16.8 Å². The number of Topliss-reactive ketones (excluding diaryl/α,β-unsaturated/α-hetero) is 1. The van der Waals surface area contributed by atoms with Crippen LogP contribution in [0, 0.1) is 40.4 Å². The number of ether oxygens (including phenoxy) is 2. The summed E-state index contributed by atoms with van der Waals surface area (Å²) in [5.41, 5.74) is -1.70. The number of epoxide rings is 1. The van der Waals surface area contributed by atoms with Gasteiger partial charge in [0.1, 0.15) is 23.6 Å². The zero-order valence-corrected chi connectivity index (χ0v) is 24.8. The first kappa shape index (κ1) is 28.2. The first-order valence-electron chi connectivity index (χ1n) is 15.6. The number of rotatable bonds is 4. The Morgan fingerprint density at radius 3 is 2.57 bits per heavy atom. The predicted molar refractivity (Wildman–Crippen MR) is 150 cm³/mol. The largest absolute Gasteiger partial charge is 0.458 e. The maximum absolute atomic E-state index is 14.2. The van der Waals surface area contributed by atoms with Crippen LogP contribution in [0.1, 0.15) is 78.7 Å². The predicted octanol–water partition coefficient (Wildman–Crippen LogP) is 2.28. The number of aromatic nitrogens is 2. The number of nitrogens with one attached hydrogen (secondary N) is 1. The third-order valence-electron chi connectivity index (χ3n) is 13.2. The summed E-state index contributed by atoms with van der Waals surface area (Å²) < 4.78 is 13.6. The third kappa shape index (κ3) is 3.48. The highest BCUT2D eigenvalue weighted by Gasteiger charge is 2.82. The number of nitrogens with zero attached hydrogens (tertiary/aromatic N) is 1. The molecule has 0 amide bonds. The van der Waals surface area contributed by atoms with Crippen LogP contribution in [0.2, 0.25) is 0 Å². The fourth-order valence-corrected chi connectivity index (χ4v) is 11.0. The number of fused-ring (bicyclic) bond motifs is 4. The molecule has 10 heteroatoms. The van der Waals surface area contributed by atoms with Gasteiger partial charge in [0.2, 0.25) is 0 Å². The van der Waals surface area contributed by atoms with Crippen LogP contribution in [0.5, 0.6) is 0 Å². The quantitative estimate of drug-likeness (QED) is 0.361. The minimum absolute atomic E-state index is 0.0159. The number of hydrogen-bond donors (Lipinski definition) is 3. The van der Waals surface area contributed by atoms with E-state index >= 15 is 0 Å². The SMILES string of the molecule is CC1=C(CO)C(=O)O[C@@H]([C@H](C)[C@H]2CC[C@H]3[C@@H]4C[C@H]5O[C@]56[C@@H](O)[C@H](n5ccc(=O)[nH]c5=O)CC(=O)[C@]6(C)[C@H]4CC[C@]23C)C1. The summed E-state index contributed by atoms with van der Waals surface area (Å²) in [6, 6.07) is 0.451. The van der Waals surface area contributed by atoms with E-state index in [0.717, 1.165) is 37.7 Å². The van der Waals surface area contributed by atoms with Crippen molar-refractivity contribution in [1.29, 1.82) is 0 Å². The third-order valence-corrected chi connectivity index (χ3v) is 13.2. The Bertz CT molecular complexity index is 1500. The van der Waals surface area contributed by atoms with E-state index < -0.39 is 40.4 Å². The van der Waals surface area contributed by atoms with Crippen LogP contribution in [-0.2, 0) is 19.1 Å². The monoisotopic (exact) mass is 582 g/mol. The average molecular weight is 583 g/mol. The fraction of sp³-hybridized carbons (Fsp3) is 0.750. The lowest BCUT2D eigenvalue weighted by atomic mass is 9.43. The molecular weight excluding hydrogens is 540 g/mol. The van der Waals surface area contributed by atoms with Gasteiger partial charge in [-0.1, -0.05) is 19.4 Å². The fourth-order valence-electron chi connectivity index (χ4n) is 11.0. The number of aromatic amines is 1. The van der Waals surface area contributed by atoms with Crippen molar-refractivity contribution in [3.63, 3.8) is 0 Å². The van der Waals surface area contributed by atoms with Gasteiger partial charge in [0, 0.05) is 25.1 Å². The molecule has 1 saturated heterocycles. The molecule has 1 spiro atoms. The molecule has 7 rings (SSSR count). The number of aliphatic hydroxyl groups is 2. The van der Waals surface area contributed by atoms with Crippen molar-refractivity contribution in [2.75, 3.05) is 6.61 Å². The van der Waals surface area contributed by atoms with Gasteiger partial charge in [-0.2, -0.15) is 0 Å². The topological polar surface area (TPSA) is 151 Å². The lowest BCUT2D eigenvalue weighted by molar-refractivity contribution is -0.172. The maximum atomic E-state index is 14.2. The molecule has 0 radical (unpaired) electrons. The second-order valence-electron chi connectivity index (χ2n) is 14.5. The Morgan fingerprint density at radius 1 is 1.12 bits per heavy atom. The number of carbonyl (C=O) groups excluding carboxylic acids is 2. The van der Waals surface area contributed by atoms with Gasteiger partial charge in [-0.25, -0.2) is 9.59 Å². The average Bonchev–Trinajstić information content (AvgIpc) is 3.57. The Kier molecular flexibility index (Phi) is 6.20. The van der Waals surface area contributed by atoms with Gasteiger partial charge in [0.25, 0.3) is 5.56 Å². The lowest BCUT2D eigenvalue weighted by Crippen LogP contribution is -2.67. The summed E-state index contributed by atoms with van der Waals surface area (Å²) in [4.78, 5) is 53.3. The van der Waals surface area contributed by atoms with E-state index in [2.05, 4.69) is 18.8 Å². The molecule has 1 aromatic rings. The van der Waals surface area contributed by atoms with E-state index in [0.29, 0.717) is 23.8 Å². The van der Waals surface area contributed by atoms with Gasteiger partial charge < -0.3 is 19.7 Å². The maximum Gasteiger partial charge on any atom is 0.336 e. The number of hydrogen-bond acceptors (Lipinski definition) is 8. The Labute approximate surface area is 244 Å². The Balaban J connectivity index is 1.16. The minimum atomic E-state index is -1.04. The van der Waals surface area contributed by atoms with E-state index in [1.807, 2.05) is 13.8 Å². The minimum Gasteiger partial charge on any atom is -0.458 e. The number of carbonyl (C=O) groups is 2. The smallest absolute Gasteiger partial charge is 0.336 e. The summed E-state index contributed by atoms with van der Waals surface area (Å²) in [5, 5.41) is 21.4. The van der Waals surface area contributed by atoms with Crippen LogP contribution in [0.25, 0.3) is 0 Å². The van der Waals surface area contributed by atoms with Crippen molar-refractivity contribution >= 4 is 11.8 Å². The summed E-state index contributed by atoms with van der Waals surface area (Å²) in [7, 11) is 0. The number of H-pyrrole nitrogens is 1. The van der Waals surface area contributed by atoms with Gasteiger partial charge in [-0.3, -0.25) is 19.1 Å². The molecule has 0 unspecified atom stereocenters. The van der Waals surface area contributed by atoms with Crippen molar-refractivity contribution < 1.29 is 29.3 Å². The number of esters is 1. The standard InChI is InChI=1S/C32H42N2O8/c1-15-11-23(41-28(39)18(15)14-35)16(2)19-5-6-20-17-12-25-32(42-25)27(38)22(34-10-8-26(37)33-29(34)40)13-24(36)31(32,4)21(17)7-9-30(19,20)3/h8,10,16-17,19-23,25,27,35,38H,5-7,9,11-14H2,1-4H3,(H,33,37,40)/t16-,17+,19-,20+,21+,22-,23-,25-,27+,30-,31+,32+/m1/s1. The highest BCUT2D eigenvalue weighted by Crippen LogP contribution is 2.74. The second-order valence-corrected chi connectivity index (χ2v) is 14.5. The van der Waals surface area contributed by atoms with Crippen LogP contribution in [-0.4, -0.2) is 62.0 Å². The van der Waals surface area contributed by atoms with E-state index in [-0.39, 0.29) is 54.2 Å². The van der Waals surface area contributed by atoms with Crippen LogP contribution in [0.3, 0.4) is 0 Å². The Morgan fingerprint density at radius 2 is 1.88 bits per heavy atom. The van der Waals surface area contributed by atoms with Crippen molar-refractivity contribution in [3.05, 3.63) is 44.2 Å². The normalized spacial score (nSPS) is 46.7. The van der Waals surface area contributed by atoms with Crippen LogP contribution >= 0.6 is 0 Å². The molecule has 3 heterocycles.